The molecule has 0 radical (unpaired) electrons. The zero-order valence-electron chi connectivity index (χ0n) is 14.6. The Kier molecular flexibility index (Phi) is 4.19. The van der Waals surface area contributed by atoms with Crippen LogP contribution in [0.5, 0.6) is 0 Å². The molecule has 138 valence electrons. The van der Waals surface area contributed by atoms with Crippen LogP contribution in [0.15, 0.2) is 34.9 Å². The van der Waals surface area contributed by atoms with E-state index in [2.05, 4.69) is 25.5 Å². The van der Waals surface area contributed by atoms with E-state index in [4.69, 9.17) is 10.2 Å². The second-order valence-electron chi connectivity index (χ2n) is 6.60. The number of nitrogens with one attached hydrogen (secondary N) is 2. The number of hydrogen-bond donors (Lipinski definition) is 3. The Morgan fingerprint density at radius 2 is 2.07 bits per heavy atom. The van der Waals surface area contributed by atoms with Gasteiger partial charge in [0, 0.05) is 17.2 Å². The van der Waals surface area contributed by atoms with Crippen molar-refractivity contribution in [2.24, 2.45) is 11.7 Å². The van der Waals surface area contributed by atoms with Gasteiger partial charge < -0.3 is 20.5 Å². The van der Waals surface area contributed by atoms with E-state index >= 15 is 0 Å². The van der Waals surface area contributed by atoms with Gasteiger partial charge in [-0.25, -0.2) is 4.98 Å². The number of amides is 2. The van der Waals surface area contributed by atoms with Crippen LogP contribution in [0, 0.1) is 5.92 Å². The number of rotatable bonds is 6. The van der Waals surface area contributed by atoms with E-state index in [0.717, 1.165) is 12.8 Å². The van der Waals surface area contributed by atoms with Gasteiger partial charge in [-0.15, -0.1) is 10.2 Å². The molecule has 9 heteroatoms. The first kappa shape index (κ1) is 17.0. The Morgan fingerprint density at radius 1 is 1.30 bits per heavy atom. The Hall–Kier alpha value is -3.49. The molecule has 2 aromatic heterocycles. The number of aromatic amines is 1. The normalized spacial score (nSPS) is 14.7. The third-order valence-corrected chi connectivity index (χ3v) is 4.52. The first-order valence-corrected chi connectivity index (χ1v) is 8.61. The van der Waals surface area contributed by atoms with Crippen LogP contribution in [0.3, 0.4) is 0 Å². The minimum absolute atomic E-state index is 0.0150. The Bertz CT molecular complexity index is 1000. The van der Waals surface area contributed by atoms with E-state index in [1.54, 1.807) is 18.2 Å². The highest BCUT2D eigenvalue weighted by atomic mass is 16.4. The minimum atomic E-state index is -0.684. The molecule has 4 rings (SSSR count). The van der Waals surface area contributed by atoms with Crippen molar-refractivity contribution in [2.75, 3.05) is 0 Å². The molecular weight excluding hydrogens is 348 g/mol. The highest BCUT2D eigenvalue weighted by molar-refractivity contribution is 5.91. The van der Waals surface area contributed by atoms with Crippen molar-refractivity contribution >= 4 is 11.8 Å². The SMILES string of the molecule is CC(NC(=O)c1nnc(-c2cccc(-c3ncc(C(N)=O)o3)c2)[nH]1)C1CC1. The molecular formula is C18H18N6O3. The van der Waals surface area contributed by atoms with Crippen LogP contribution in [0.2, 0.25) is 0 Å². The van der Waals surface area contributed by atoms with Crippen LogP contribution in [0.4, 0.5) is 0 Å². The molecule has 1 unspecified atom stereocenters. The molecule has 1 saturated carbocycles. The zero-order valence-corrected chi connectivity index (χ0v) is 14.6. The predicted molar refractivity (Wildman–Crippen MR) is 95.5 cm³/mol. The lowest BCUT2D eigenvalue weighted by Crippen LogP contribution is -2.34. The van der Waals surface area contributed by atoms with Crippen LogP contribution in [-0.4, -0.2) is 38.0 Å². The molecule has 1 aliphatic rings. The highest BCUT2D eigenvalue weighted by Crippen LogP contribution is 2.32. The van der Waals surface area contributed by atoms with Crippen molar-refractivity contribution in [2.45, 2.75) is 25.8 Å². The smallest absolute Gasteiger partial charge is 0.289 e. The molecule has 1 aromatic carbocycles. The number of oxazole rings is 1. The lowest BCUT2D eigenvalue weighted by molar-refractivity contribution is 0.0924. The summed E-state index contributed by atoms with van der Waals surface area (Å²) < 4.78 is 5.34. The van der Waals surface area contributed by atoms with Gasteiger partial charge in [0.2, 0.25) is 17.5 Å². The highest BCUT2D eigenvalue weighted by Gasteiger charge is 2.29. The van der Waals surface area contributed by atoms with Gasteiger partial charge in [-0.1, -0.05) is 12.1 Å². The van der Waals surface area contributed by atoms with Crippen LogP contribution >= 0.6 is 0 Å². The van der Waals surface area contributed by atoms with E-state index in [0.29, 0.717) is 22.9 Å². The fraction of sp³-hybridized carbons (Fsp3) is 0.278. The van der Waals surface area contributed by atoms with Crippen molar-refractivity contribution in [1.29, 1.82) is 0 Å². The van der Waals surface area contributed by atoms with Gasteiger partial charge in [-0.3, -0.25) is 9.59 Å². The van der Waals surface area contributed by atoms with Gasteiger partial charge in [-0.2, -0.15) is 0 Å². The number of aromatic nitrogens is 4. The maximum absolute atomic E-state index is 12.3. The topological polar surface area (TPSA) is 140 Å². The summed E-state index contributed by atoms with van der Waals surface area (Å²) in [6, 6.07) is 7.28. The zero-order chi connectivity index (χ0) is 19.0. The molecule has 27 heavy (non-hydrogen) atoms. The molecule has 1 aliphatic carbocycles. The van der Waals surface area contributed by atoms with Gasteiger partial charge in [0.05, 0.1) is 6.20 Å². The number of carbonyl (C=O) groups is 2. The summed E-state index contributed by atoms with van der Waals surface area (Å²) in [5.41, 5.74) is 6.53. The molecule has 4 N–H and O–H groups in total. The van der Waals surface area contributed by atoms with E-state index in [1.165, 1.54) is 6.20 Å². The second-order valence-corrected chi connectivity index (χ2v) is 6.60. The van der Waals surface area contributed by atoms with Crippen LogP contribution in [-0.2, 0) is 0 Å². The summed E-state index contributed by atoms with van der Waals surface area (Å²) in [4.78, 5) is 30.4. The maximum atomic E-state index is 12.3. The summed E-state index contributed by atoms with van der Waals surface area (Å²) in [6.45, 7) is 1.99. The fourth-order valence-corrected chi connectivity index (χ4v) is 2.80. The van der Waals surface area contributed by atoms with Gasteiger partial charge in [-0.05, 0) is 37.8 Å². The number of nitrogens with zero attached hydrogens (tertiary/aromatic N) is 3. The molecule has 1 atom stereocenters. The molecule has 0 bridgehead atoms. The van der Waals surface area contributed by atoms with Crippen molar-refractivity contribution in [3.05, 3.63) is 42.0 Å². The first-order valence-electron chi connectivity index (χ1n) is 8.61. The lowest BCUT2D eigenvalue weighted by Gasteiger charge is -2.10. The van der Waals surface area contributed by atoms with Crippen molar-refractivity contribution < 1.29 is 14.0 Å². The number of H-pyrrole nitrogens is 1. The van der Waals surface area contributed by atoms with Crippen LogP contribution in [0.1, 0.15) is 40.9 Å². The molecule has 3 aromatic rings. The standard InChI is InChI=1S/C18H18N6O3/c1-9(10-5-6-10)21-17(26)16-22-15(23-24-16)11-3-2-4-12(7-11)18-20-8-13(27-18)14(19)25/h2-4,7-10H,5-6H2,1H3,(H2,19,25)(H,21,26)(H,22,23,24). The van der Waals surface area contributed by atoms with Gasteiger partial charge in [0.1, 0.15) is 0 Å². The van der Waals surface area contributed by atoms with Gasteiger partial charge >= 0.3 is 0 Å². The van der Waals surface area contributed by atoms with E-state index in [-0.39, 0.29) is 29.4 Å². The largest absolute Gasteiger partial charge is 0.431 e. The molecule has 2 heterocycles. The molecule has 0 spiro atoms. The average molecular weight is 366 g/mol. The third kappa shape index (κ3) is 3.57. The minimum Gasteiger partial charge on any atom is -0.431 e. The van der Waals surface area contributed by atoms with E-state index in [1.807, 2.05) is 13.0 Å². The predicted octanol–water partition coefficient (Wildman–Crippen LogP) is 1.75. The summed E-state index contributed by atoms with van der Waals surface area (Å²) >= 11 is 0. The second kappa shape index (κ2) is 6.67. The Balaban J connectivity index is 1.54. The fourth-order valence-electron chi connectivity index (χ4n) is 2.80. The van der Waals surface area contributed by atoms with E-state index in [9.17, 15) is 9.59 Å². The van der Waals surface area contributed by atoms with Crippen LogP contribution < -0.4 is 11.1 Å². The van der Waals surface area contributed by atoms with E-state index < -0.39 is 5.91 Å². The summed E-state index contributed by atoms with van der Waals surface area (Å²) in [5, 5.41) is 10.9. The Labute approximate surface area is 154 Å². The molecule has 0 saturated heterocycles. The molecule has 2 amide bonds. The number of hydrogen-bond acceptors (Lipinski definition) is 6. The molecule has 0 aliphatic heterocycles. The first-order chi connectivity index (χ1) is 13.0. The average Bonchev–Trinajstić information content (AvgIpc) is 3.20. The molecule has 1 fully saturated rings. The third-order valence-electron chi connectivity index (χ3n) is 4.52. The Morgan fingerprint density at radius 3 is 2.78 bits per heavy atom. The van der Waals surface area contributed by atoms with Crippen molar-refractivity contribution in [1.82, 2.24) is 25.5 Å². The number of benzene rings is 1. The molecule has 9 nitrogen and oxygen atoms in total. The summed E-state index contributed by atoms with van der Waals surface area (Å²) in [5.74, 6) is 0.455. The van der Waals surface area contributed by atoms with Gasteiger partial charge in [0.15, 0.2) is 5.82 Å². The maximum Gasteiger partial charge on any atom is 0.289 e. The van der Waals surface area contributed by atoms with Crippen LogP contribution in [0.25, 0.3) is 22.8 Å². The lowest BCUT2D eigenvalue weighted by atomic mass is 10.1. The summed E-state index contributed by atoms with van der Waals surface area (Å²) in [6.07, 6.45) is 3.57. The van der Waals surface area contributed by atoms with Crippen molar-refractivity contribution in [3.63, 3.8) is 0 Å². The number of primary amides is 1. The number of carbonyl (C=O) groups excluding carboxylic acids is 2. The van der Waals surface area contributed by atoms with Crippen molar-refractivity contribution in [3.8, 4) is 22.8 Å². The summed E-state index contributed by atoms with van der Waals surface area (Å²) in [7, 11) is 0. The monoisotopic (exact) mass is 366 g/mol. The quantitative estimate of drug-likeness (QED) is 0.607. The van der Waals surface area contributed by atoms with Gasteiger partial charge in [0.25, 0.3) is 11.8 Å². The number of nitrogens with two attached hydrogens (primary N) is 1.